The highest BCUT2D eigenvalue weighted by atomic mass is 35.5. The van der Waals surface area contributed by atoms with Gasteiger partial charge in [0.15, 0.2) is 0 Å². The molecule has 0 unspecified atom stereocenters. The molecule has 1 aliphatic rings. The Morgan fingerprint density at radius 2 is 1.68 bits per heavy atom. The van der Waals surface area contributed by atoms with Gasteiger partial charge in [0.2, 0.25) is 5.95 Å². The molecular weight excluding hydrogens is 558 g/mol. The van der Waals surface area contributed by atoms with Gasteiger partial charge in [-0.3, -0.25) is 9.47 Å². The molecule has 6 rings (SSSR count). The van der Waals surface area contributed by atoms with E-state index >= 15 is 0 Å². The van der Waals surface area contributed by atoms with E-state index < -0.39 is 5.95 Å². The van der Waals surface area contributed by atoms with Crippen molar-refractivity contribution in [1.29, 1.82) is 0 Å². The van der Waals surface area contributed by atoms with Gasteiger partial charge in [-0.25, -0.2) is 9.78 Å². The number of fused-ring (bicyclic) bond motifs is 3. The molecule has 3 heterocycles. The van der Waals surface area contributed by atoms with E-state index in [0.717, 1.165) is 69.9 Å². The quantitative estimate of drug-likeness (QED) is 0.206. The first-order valence-corrected chi connectivity index (χ1v) is 14.2. The van der Waals surface area contributed by atoms with Crippen molar-refractivity contribution in [1.82, 2.24) is 19.8 Å². The van der Waals surface area contributed by atoms with Crippen molar-refractivity contribution in [3.63, 3.8) is 0 Å². The van der Waals surface area contributed by atoms with Crippen LogP contribution in [-0.2, 0) is 19.5 Å². The number of benzene rings is 3. The van der Waals surface area contributed by atoms with Gasteiger partial charge < -0.3 is 5.32 Å². The highest BCUT2D eigenvalue weighted by molar-refractivity contribution is 6.30. The predicted molar refractivity (Wildman–Crippen MR) is 164 cm³/mol. The van der Waals surface area contributed by atoms with Gasteiger partial charge >= 0.3 is 6.03 Å². The van der Waals surface area contributed by atoms with E-state index in [0.29, 0.717) is 10.6 Å². The fourth-order valence-electron chi connectivity index (χ4n) is 5.35. The van der Waals surface area contributed by atoms with Crippen molar-refractivity contribution in [3.8, 4) is 11.1 Å². The molecule has 3 aromatic carbocycles. The molecule has 5 nitrogen and oxygen atoms in total. The van der Waals surface area contributed by atoms with E-state index in [4.69, 9.17) is 23.2 Å². The Morgan fingerprint density at radius 1 is 0.951 bits per heavy atom. The zero-order chi connectivity index (χ0) is 28.3. The lowest BCUT2D eigenvalue weighted by molar-refractivity contribution is 0.240. The smallest absolute Gasteiger partial charge is 0.326 e. The second-order valence-electron chi connectivity index (χ2n) is 10.1. The van der Waals surface area contributed by atoms with E-state index in [1.807, 2.05) is 60.7 Å². The van der Waals surface area contributed by atoms with Crippen LogP contribution >= 0.6 is 23.2 Å². The van der Waals surface area contributed by atoms with Crippen LogP contribution in [0, 0.1) is 5.95 Å². The lowest BCUT2D eigenvalue weighted by atomic mass is 10.00. The Hall–Kier alpha value is -3.97. The molecule has 0 fully saturated rings. The summed E-state index contributed by atoms with van der Waals surface area (Å²) >= 11 is 12.1. The average molecular weight is 586 g/mol. The molecular formula is C33H27Cl2FN4O. The fourth-order valence-corrected chi connectivity index (χ4v) is 5.60. The van der Waals surface area contributed by atoms with Crippen molar-refractivity contribution >= 4 is 46.2 Å². The summed E-state index contributed by atoms with van der Waals surface area (Å²) in [5, 5.41) is 5.42. The first-order chi connectivity index (χ1) is 19.9. The van der Waals surface area contributed by atoms with Crippen molar-refractivity contribution in [2.45, 2.75) is 19.5 Å². The van der Waals surface area contributed by atoms with Crippen LogP contribution in [0.1, 0.15) is 22.4 Å². The topological polar surface area (TPSA) is 50.2 Å². The van der Waals surface area contributed by atoms with Crippen molar-refractivity contribution in [2.24, 2.45) is 0 Å². The number of nitrogens with zero attached hydrogens (tertiary/aromatic N) is 3. The number of halogens is 3. The summed E-state index contributed by atoms with van der Waals surface area (Å²) in [6.07, 6.45) is 6.39. The van der Waals surface area contributed by atoms with Gasteiger partial charge in [-0.05, 0) is 76.3 Å². The average Bonchev–Trinajstić information content (AvgIpc) is 3.30. The number of aromatic nitrogens is 2. The monoisotopic (exact) mass is 584 g/mol. The first-order valence-electron chi connectivity index (χ1n) is 13.4. The lowest BCUT2D eigenvalue weighted by Gasteiger charge is -2.27. The van der Waals surface area contributed by atoms with Crippen LogP contribution in [0.25, 0.3) is 28.1 Å². The van der Waals surface area contributed by atoms with Crippen LogP contribution in [0.15, 0.2) is 91.1 Å². The first kappa shape index (κ1) is 27.2. The van der Waals surface area contributed by atoms with Crippen molar-refractivity contribution in [2.75, 3.05) is 13.1 Å². The summed E-state index contributed by atoms with van der Waals surface area (Å²) in [7, 11) is 0. The third-order valence-electron chi connectivity index (χ3n) is 7.39. The molecule has 0 spiro atoms. The van der Waals surface area contributed by atoms with E-state index in [1.165, 1.54) is 12.3 Å². The number of amides is 1. The Kier molecular flexibility index (Phi) is 7.88. The van der Waals surface area contributed by atoms with E-state index in [9.17, 15) is 9.18 Å². The van der Waals surface area contributed by atoms with E-state index in [-0.39, 0.29) is 12.6 Å². The summed E-state index contributed by atoms with van der Waals surface area (Å²) in [6, 6.07) is 24.5. The molecule has 0 radical (unpaired) electrons. The maximum atomic E-state index is 13.6. The zero-order valence-electron chi connectivity index (χ0n) is 22.2. The fraction of sp³-hybridized carbons (Fsp3) is 0.152. The van der Waals surface area contributed by atoms with Gasteiger partial charge in [0.25, 0.3) is 0 Å². The standard InChI is InChI=1S/C33H27Cl2FN4O/c34-26-8-3-22(4-9-26)2-1-16-39-17-14-31-29(21-39)28-19-25(24-5-10-27(35)11-6-24)7-12-30(28)40(31)33(41)38-20-23-13-15-37-32(36)18-23/h1-13,15,18-19H,14,16-17,20-21H2,(H,38,41)/b2-1+. The minimum Gasteiger partial charge on any atom is -0.333 e. The number of hydrogen-bond donors (Lipinski definition) is 1. The molecule has 5 aromatic rings. The van der Waals surface area contributed by atoms with Crippen LogP contribution < -0.4 is 5.32 Å². The maximum Gasteiger partial charge on any atom is 0.326 e. The van der Waals surface area contributed by atoms with E-state index in [1.54, 1.807) is 10.6 Å². The second-order valence-corrected chi connectivity index (χ2v) is 11.0. The van der Waals surface area contributed by atoms with Crippen LogP contribution in [0.2, 0.25) is 10.0 Å². The maximum absolute atomic E-state index is 13.6. The minimum absolute atomic E-state index is 0.206. The molecule has 1 aliphatic heterocycles. The molecule has 8 heteroatoms. The molecule has 0 saturated heterocycles. The highest BCUT2D eigenvalue weighted by Crippen LogP contribution is 2.34. The SMILES string of the molecule is O=C(NCc1ccnc(F)c1)n1c2c(c3cc(-c4ccc(Cl)cc4)ccc31)CN(C/C=C/c1ccc(Cl)cc1)CC2. The number of rotatable bonds is 6. The molecule has 41 heavy (non-hydrogen) atoms. The number of carbonyl (C=O) groups is 1. The molecule has 0 saturated carbocycles. The summed E-state index contributed by atoms with van der Waals surface area (Å²) in [6.45, 7) is 2.53. The second kappa shape index (κ2) is 11.9. The Balaban J connectivity index is 1.31. The Labute approximate surface area is 247 Å². The summed E-state index contributed by atoms with van der Waals surface area (Å²) < 4.78 is 15.4. The van der Waals surface area contributed by atoms with Gasteiger partial charge in [-0.1, -0.05) is 65.7 Å². The summed E-state index contributed by atoms with van der Waals surface area (Å²) in [4.78, 5) is 19.5. The number of hydrogen-bond acceptors (Lipinski definition) is 3. The predicted octanol–water partition coefficient (Wildman–Crippen LogP) is 7.98. The molecule has 1 N–H and O–H groups in total. The van der Waals surface area contributed by atoms with Crippen LogP contribution in [0.5, 0.6) is 0 Å². The molecule has 2 aromatic heterocycles. The van der Waals surface area contributed by atoms with Gasteiger partial charge in [0.1, 0.15) is 0 Å². The summed E-state index contributed by atoms with van der Waals surface area (Å²) in [5.41, 5.74) is 6.87. The van der Waals surface area contributed by atoms with Crippen molar-refractivity contribution in [3.05, 3.63) is 130 Å². The minimum atomic E-state index is -0.569. The molecule has 0 atom stereocenters. The highest BCUT2D eigenvalue weighted by Gasteiger charge is 2.26. The van der Waals surface area contributed by atoms with Gasteiger partial charge in [-0.15, -0.1) is 0 Å². The lowest BCUT2D eigenvalue weighted by Crippen LogP contribution is -2.34. The van der Waals surface area contributed by atoms with Crippen LogP contribution in [-0.4, -0.2) is 33.6 Å². The van der Waals surface area contributed by atoms with E-state index in [2.05, 4.69) is 33.4 Å². The molecule has 206 valence electrons. The third-order valence-corrected chi connectivity index (χ3v) is 7.89. The summed E-state index contributed by atoms with van der Waals surface area (Å²) in [5.74, 6) is -0.569. The van der Waals surface area contributed by atoms with Gasteiger partial charge in [-0.2, -0.15) is 4.39 Å². The Morgan fingerprint density at radius 3 is 2.44 bits per heavy atom. The normalized spacial score (nSPS) is 13.5. The van der Waals surface area contributed by atoms with Crippen molar-refractivity contribution < 1.29 is 9.18 Å². The van der Waals surface area contributed by atoms with Gasteiger partial charge in [0.05, 0.1) is 5.52 Å². The van der Waals surface area contributed by atoms with Crippen LogP contribution in [0.3, 0.4) is 0 Å². The molecule has 0 bridgehead atoms. The number of pyridine rings is 1. The molecule has 0 aliphatic carbocycles. The number of carbonyl (C=O) groups excluding carboxylic acids is 1. The van der Waals surface area contributed by atoms with Crippen LogP contribution in [0.4, 0.5) is 9.18 Å². The number of nitrogens with one attached hydrogen (secondary N) is 1. The molecule has 1 amide bonds. The Bertz CT molecular complexity index is 1750. The van der Waals surface area contributed by atoms with Gasteiger partial charge in [0, 0.05) is 59.9 Å². The largest absolute Gasteiger partial charge is 0.333 e. The zero-order valence-corrected chi connectivity index (χ0v) is 23.7. The third kappa shape index (κ3) is 6.05.